The zero-order chi connectivity index (χ0) is 15.6. The van der Waals surface area contributed by atoms with Crippen LogP contribution in [0.2, 0.25) is 0 Å². The molecule has 0 aliphatic rings. The normalized spacial score (nSPS) is 10.1. The number of benzene rings is 2. The highest BCUT2D eigenvalue weighted by molar-refractivity contribution is 5.87. The molecule has 0 aliphatic carbocycles. The molecule has 0 saturated carbocycles. The molecule has 0 aliphatic heterocycles. The lowest BCUT2D eigenvalue weighted by Gasteiger charge is -2.06. The molecular formula is C19H16O3. The summed E-state index contributed by atoms with van der Waals surface area (Å²) in [6.45, 7) is 0.504. The minimum absolute atomic E-state index is 0.0184. The Morgan fingerprint density at radius 1 is 1.09 bits per heavy atom. The summed E-state index contributed by atoms with van der Waals surface area (Å²) in [7, 11) is 0. The number of rotatable bonds is 6. The van der Waals surface area contributed by atoms with Crippen LogP contribution < -0.4 is 4.74 Å². The number of carbonyl (C=O) groups is 1. The van der Waals surface area contributed by atoms with Gasteiger partial charge < -0.3 is 9.47 Å². The minimum atomic E-state index is -0.456. The predicted octanol–water partition coefficient (Wildman–Crippen LogP) is 3.46. The fraction of sp³-hybridized carbons (Fsp3) is 0.105. The Hall–Kier alpha value is -2.99. The van der Waals surface area contributed by atoms with Crippen LogP contribution in [0.25, 0.3) is 6.08 Å². The quantitative estimate of drug-likeness (QED) is 0.465. The van der Waals surface area contributed by atoms with Crippen molar-refractivity contribution in [2.24, 2.45) is 0 Å². The fourth-order valence-corrected chi connectivity index (χ4v) is 1.74. The van der Waals surface area contributed by atoms with Crippen molar-refractivity contribution >= 4 is 12.0 Å². The molecule has 3 heteroatoms. The predicted molar refractivity (Wildman–Crippen MR) is 86.0 cm³/mol. The Kier molecular flexibility index (Phi) is 5.83. The van der Waals surface area contributed by atoms with E-state index in [4.69, 9.17) is 15.9 Å². The van der Waals surface area contributed by atoms with Gasteiger partial charge in [0.2, 0.25) is 0 Å². The van der Waals surface area contributed by atoms with Gasteiger partial charge in [0, 0.05) is 6.08 Å². The van der Waals surface area contributed by atoms with E-state index in [-0.39, 0.29) is 6.61 Å². The van der Waals surface area contributed by atoms with Crippen molar-refractivity contribution in [3.63, 3.8) is 0 Å². The molecule has 0 spiro atoms. The maximum absolute atomic E-state index is 11.3. The van der Waals surface area contributed by atoms with Crippen LogP contribution in [0, 0.1) is 12.3 Å². The zero-order valence-corrected chi connectivity index (χ0v) is 12.1. The van der Waals surface area contributed by atoms with Gasteiger partial charge in [-0.25, -0.2) is 4.79 Å². The molecule has 0 atom stereocenters. The van der Waals surface area contributed by atoms with Gasteiger partial charge in [0.15, 0.2) is 6.61 Å². The highest BCUT2D eigenvalue weighted by atomic mass is 16.5. The van der Waals surface area contributed by atoms with Crippen molar-refractivity contribution in [3.05, 3.63) is 71.8 Å². The van der Waals surface area contributed by atoms with E-state index in [0.717, 1.165) is 16.9 Å². The van der Waals surface area contributed by atoms with Crippen LogP contribution in [0.15, 0.2) is 60.7 Å². The number of ether oxygens (including phenoxy) is 2. The lowest BCUT2D eigenvalue weighted by atomic mass is 10.2. The maximum Gasteiger partial charge on any atom is 0.331 e. The average Bonchev–Trinajstić information content (AvgIpc) is 2.58. The monoisotopic (exact) mass is 292 g/mol. The summed E-state index contributed by atoms with van der Waals surface area (Å²) >= 11 is 0. The third kappa shape index (κ3) is 5.18. The molecule has 3 nitrogen and oxygen atoms in total. The van der Waals surface area contributed by atoms with Gasteiger partial charge in [-0.1, -0.05) is 48.4 Å². The first kappa shape index (κ1) is 15.4. The molecule has 0 radical (unpaired) electrons. The summed E-state index contributed by atoms with van der Waals surface area (Å²) in [5.41, 5.74) is 1.99. The summed E-state index contributed by atoms with van der Waals surface area (Å²) in [5, 5.41) is 0. The smallest absolute Gasteiger partial charge is 0.331 e. The zero-order valence-electron chi connectivity index (χ0n) is 12.1. The van der Waals surface area contributed by atoms with Gasteiger partial charge >= 0.3 is 5.97 Å². The highest BCUT2D eigenvalue weighted by Gasteiger charge is 1.97. The van der Waals surface area contributed by atoms with Crippen LogP contribution >= 0.6 is 0 Å². The van der Waals surface area contributed by atoms with Gasteiger partial charge in [-0.15, -0.1) is 6.42 Å². The molecule has 0 heterocycles. The molecule has 110 valence electrons. The van der Waals surface area contributed by atoms with E-state index < -0.39 is 5.97 Å². The molecule has 2 aromatic carbocycles. The Labute approximate surface area is 130 Å². The lowest BCUT2D eigenvalue weighted by molar-refractivity contribution is -0.136. The fourth-order valence-electron chi connectivity index (χ4n) is 1.74. The Morgan fingerprint density at radius 2 is 1.82 bits per heavy atom. The topological polar surface area (TPSA) is 35.5 Å². The van der Waals surface area contributed by atoms with Crippen molar-refractivity contribution in [1.29, 1.82) is 0 Å². The number of carbonyl (C=O) groups excluding carboxylic acids is 1. The van der Waals surface area contributed by atoms with Crippen LogP contribution in [0.3, 0.4) is 0 Å². The summed E-state index contributed by atoms with van der Waals surface area (Å²) in [6.07, 6.45) is 8.02. The Balaban J connectivity index is 1.86. The molecule has 0 aromatic heterocycles. The third-order valence-corrected chi connectivity index (χ3v) is 2.84. The summed E-state index contributed by atoms with van der Waals surface area (Å²) in [5.74, 6) is 2.56. The summed E-state index contributed by atoms with van der Waals surface area (Å²) in [4.78, 5) is 11.3. The SMILES string of the molecule is C#CCOC(=O)/C=C/c1ccc(OCc2ccccc2)cc1. The molecule has 2 rings (SSSR count). The van der Waals surface area contributed by atoms with Crippen LogP contribution in [-0.4, -0.2) is 12.6 Å². The number of hydrogen-bond donors (Lipinski definition) is 0. The highest BCUT2D eigenvalue weighted by Crippen LogP contribution is 2.15. The van der Waals surface area contributed by atoms with Gasteiger partial charge in [-0.05, 0) is 29.3 Å². The first-order valence-corrected chi connectivity index (χ1v) is 6.83. The molecule has 2 aromatic rings. The van der Waals surface area contributed by atoms with Crippen molar-refractivity contribution in [3.8, 4) is 18.1 Å². The van der Waals surface area contributed by atoms with Crippen LogP contribution in [-0.2, 0) is 16.1 Å². The van der Waals surface area contributed by atoms with Crippen molar-refractivity contribution in [2.45, 2.75) is 6.61 Å². The van der Waals surface area contributed by atoms with Gasteiger partial charge in [-0.2, -0.15) is 0 Å². The third-order valence-electron chi connectivity index (χ3n) is 2.84. The van der Waals surface area contributed by atoms with E-state index in [0.29, 0.717) is 6.61 Å². The minimum Gasteiger partial charge on any atom is -0.489 e. The molecule has 0 saturated heterocycles. The van der Waals surface area contributed by atoms with Crippen molar-refractivity contribution in [2.75, 3.05) is 6.61 Å². The Bertz CT molecular complexity index is 664. The summed E-state index contributed by atoms with van der Waals surface area (Å²) in [6, 6.07) is 17.4. The first-order valence-electron chi connectivity index (χ1n) is 6.83. The van der Waals surface area contributed by atoms with Crippen LogP contribution in [0.5, 0.6) is 5.75 Å². The summed E-state index contributed by atoms with van der Waals surface area (Å²) < 4.78 is 10.4. The second-order valence-electron chi connectivity index (χ2n) is 4.49. The lowest BCUT2D eigenvalue weighted by Crippen LogP contribution is -1.99. The number of esters is 1. The molecule has 0 unspecified atom stereocenters. The maximum atomic E-state index is 11.3. The van der Waals surface area contributed by atoms with E-state index in [2.05, 4.69) is 5.92 Å². The van der Waals surface area contributed by atoms with E-state index >= 15 is 0 Å². The molecule has 0 amide bonds. The van der Waals surface area contributed by atoms with E-state index in [1.807, 2.05) is 54.6 Å². The van der Waals surface area contributed by atoms with Crippen LogP contribution in [0.4, 0.5) is 0 Å². The first-order chi connectivity index (χ1) is 10.8. The van der Waals surface area contributed by atoms with Gasteiger partial charge in [-0.3, -0.25) is 0 Å². The Morgan fingerprint density at radius 3 is 2.50 bits per heavy atom. The standard InChI is InChI=1S/C19H16O3/c1-2-14-21-19(20)13-10-16-8-11-18(12-9-16)22-15-17-6-4-3-5-7-17/h1,3-13H,14-15H2/b13-10+. The van der Waals surface area contributed by atoms with Gasteiger partial charge in [0.25, 0.3) is 0 Å². The molecule has 0 N–H and O–H groups in total. The van der Waals surface area contributed by atoms with Crippen LogP contribution in [0.1, 0.15) is 11.1 Å². The van der Waals surface area contributed by atoms with Crippen molar-refractivity contribution in [1.82, 2.24) is 0 Å². The largest absolute Gasteiger partial charge is 0.489 e. The van der Waals surface area contributed by atoms with Crippen molar-refractivity contribution < 1.29 is 14.3 Å². The van der Waals surface area contributed by atoms with E-state index in [1.54, 1.807) is 6.08 Å². The number of hydrogen-bond acceptors (Lipinski definition) is 3. The second kappa shape index (κ2) is 8.33. The van der Waals surface area contributed by atoms with Gasteiger partial charge in [0.05, 0.1) is 0 Å². The molecule has 0 fully saturated rings. The molecule has 22 heavy (non-hydrogen) atoms. The molecular weight excluding hydrogens is 276 g/mol. The van der Waals surface area contributed by atoms with E-state index in [1.165, 1.54) is 6.08 Å². The van der Waals surface area contributed by atoms with E-state index in [9.17, 15) is 4.79 Å². The van der Waals surface area contributed by atoms with Gasteiger partial charge in [0.1, 0.15) is 12.4 Å². The average molecular weight is 292 g/mol. The molecule has 0 bridgehead atoms. The second-order valence-corrected chi connectivity index (χ2v) is 4.49. The number of terminal acetylenes is 1.